The van der Waals surface area contributed by atoms with E-state index in [1.165, 1.54) is 0 Å². The number of likely N-dealkylation sites (tertiary alicyclic amines) is 1. The fourth-order valence-electron chi connectivity index (χ4n) is 3.23. The molecule has 1 N–H and O–H groups in total. The summed E-state index contributed by atoms with van der Waals surface area (Å²) in [6.07, 6.45) is 3.49. The van der Waals surface area contributed by atoms with E-state index in [4.69, 9.17) is 27.7 Å². The Morgan fingerprint density at radius 2 is 1.85 bits per heavy atom. The van der Waals surface area contributed by atoms with Crippen LogP contribution in [0.1, 0.15) is 47.8 Å². The van der Waals surface area contributed by atoms with Crippen LogP contribution in [0.3, 0.4) is 0 Å². The third kappa shape index (κ3) is 3.57. The number of hydrogen-bond acceptors (Lipinski definition) is 4. The summed E-state index contributed by atoms with van der Waals surface area (Å²) in [5.74, 6) is 0.596. The Morgan fingerprint density at radius 3 is 2.54 bits per heavy atom. The Labute approximate surface area is 160 Å². The second-order valence-corrected chi connectivity index (χ2v) is 7.57. The first-order valence-electron chi connectivity index (χ1n) is 8.56. The lowest BCUT2D eigenvalue weighted by molar-refractivity contribution is -0.119. The minimum atomic E-state index is -0.554. The lowest BCUT2D eigenvalue weighted by atomic mass is 10.2. The first kappa shape index (κ1) is 17.4. The molecule has 136 valence electrons. The van der Waals surface area contributed by atoms with Gasteiger partial charge in [0.15, 0.2) is 5.69 Å². The second kappa shape index (κ2) is 6.93. The van der Waals surface area contributed by atoms with Crippen molar-refractivity contribution in [1.82, 2.24) is 10.1 Å². The van der Waals surface area contributed by atoms with Gasteiger partial charge in [-0.25, -0.2) is 0 Å². The van der Waals surface area contributed by atoms with E-state index in [9.17, 15) is 9.59 Å². The number of benzene rings is 1. The smallest absolute Gasteiger partial charge is 0.276 e. The molecule has 26 heavy (non-hydrogen) atoms. The molecule has 1 aliphatic carbocycles. The second-order valence-electron chi connectivity index (χ2n) is 6.69. The number of halogens is 2. The summed E-state index contributed by atoms with van der Waals surface area (Å²) in [6, 6.07) is 5.97. The molecule has 0 spiro atoms. The fraction of sp³-hybridized carbons (Fsp3) is 0.389. The average Bonchev–Trinajstić information content (AvgIpc) is 3.12. The third-order valence-electron chi connectivity index (χ3n) is 4.67. The van der Waals surface area contributed by atoms with Crippen LogP contribution in [0, 0.1) is 0 Å². The van der Waals surface area contributed by atoms with Crippen molar-refractivity contribution in [2.75, 3.05) is 11.9 Å². The number of carbonyl (C=O) groups is 2. The maximum atomic E-state index is 12.8. The molecule has 4 rings (SSSR count). The molecule has 2 amide bonds. The van der Waals surface area contributed by atoms with Crippen LogP contribution in [0.2, 0.25) is 10.0 Å². The fourth-order valence-corrected chi connectivity index (χ4v) is 3.76. The number of amides is 2. The minimum Gasteiger partial charge on any atom is -0.360 e. The van der Waals surface area contributed by atoms with E-state index in [1.807, 2.05) is 0 Å². The van der Waals surface area contributed by atoms with E-state index in [0.29, 0.717) is 34.6 Å². The molecule has 8 heteroatoms. The summed E-state index contributed by atoms with van der Waals surface area (Å²) in [7, 11) is 0. The van der Waals surface area contributed by atoms with Crippen molar-refractivity contribution in [3.63, 3.8) is 0 Å². The lowest BCUT2D eigenvalue weighted by Crippen LogP contribution is -2.43. The summed E-state index contributed by atoms with van der Waals surface area (Å²) >= 11 is 11.9. The molecule has 2 heterocycles. The van der Waals surface area contributed by atoms with Gasteiger partial charge in [0.05, 0.1) is 0 Å². The highest BCUT2D eigenvalue weighted by Crippen LogP contribution is 2.40. The van der Waals surface area contributed by atoms with Gasteiger partial charge >= 0.3 is 0 Å². The SMILES string of the molecule is O=C(Nc1cc(Cl)cc(Cl)c1)[C@H]1CCCN1C(=O)c1cc(C2CC2)on1. The van der Waals surface area contributed by atoms with Gasteiger partial charge in [-0.15, -0.1) is 0 Å². The van der Waals surface area contributed by atoms with Gasteiger partial charge in [-0.2, -0.15) is 0 Å². The van der Waals surface area contributed by atoms with E-state index in [2.05, 4.69) is 10.5 Å². The van der Waals surface area contributed by atoms with Crippen molar-refractivity contribution in [3.8, 4) is 0 Å². The summed E-state index contributed by atoms with van der Waals surface area (Å²) < 4.78 is 5.26. The predicted molar refractivity (Wildman–Crippen MR) is 97.6 cm³/mol. The quantitative estimate of drug-likeness (QED) is 0.847. The molecule has 0 bridgehead atoms. The molecule has 1 atom stereocenters. The first-order chi connectivity index (χ1) is 12.5. The van der Waals surface area contributed by atoms with Gasteiger partial charge in [-0.05, 0) is 43.9 Å². The molecule has 1 saturated carbocycles. The Hall–Kier alpha value is -2.05. The molecule has 1 aromatic heterocycles. The number of hydrogen-bond donors (Lipinski definition) is 1. The van der Waals surface area contributed by atoms with Gasteiger partial charge in [0.25, 0.3) is 5.91 Å². The van der Waals surface area contributed by atoms with Crippen LogP contribution in [0.4, 0.5) is 5.69 Å². The molecule has 1 aromatic carbocycles. The lowest BCUT2D eigenvalue weighted by Gasteiger charge is -2.23. The number of rotatable bonds is 4. The standard InChI is InChI=1S/C18H17Cl2N3O3/c19-11-6-12(20)8-13(7-11)21-17(24)15-2-1-5-23(15)18(25)14-9-16(26-22-14)10-3-4-10/h6-10,15H,1-5H2,(H,21,24)/t15-/m1/s1. The Morgan fingerprint density at radius 1 is 1.12 bits per heavy atom. The molecule has 6 nitrogen and oxygen atoms in total. The third-order valence-corrected chi connectivity index (χ3v) is 5.11. The van der Waals surface area contributed by atoms with Crippen LogP contribution in [0.15, 0.2) is 28.8 Å². The zero-order valence-corrected chi connectivity index (χ0v) is 15.4. The molecular weight excluding hydrogens is 377 g/mol. The molecule has 2 aromatic rings. The van der Waals surface area contributed by atoms with E-state index >= 15 is 0 Å². The maximum absolute atomic E-state index is 12.8. The van der Waals surface area contributed by atoms with Crippen LogP contribution in [0.25, 0.3) is 0 Å². The van der Waals surface area contributed by atoms with Crippen LogP contribution < -0.4 is 5.32 Å². The summed E-state index contributed by atoms with van der Waals surface area (Å²) in [6.45, 7) is 0.513. The minimum absolute atomic E-state index is 0.261. The van der Waals surface area contributed by atoms with Crippen molar-refractivity contribution >= 4 is 40.7 Å². The molecule has 1 aliphatic heterocycles. The highest BCUT2D eigenvalue weighted by Gasteiger charge is 2.37. The monoisotopic (exact) mass is 393 g/mol. The van der Waals surface area contributed by atoms with Gasteiger partial charge in [0.1, 0.15) is 11.8 Å². The Balaban J connectivity index is 1.47. The topological polar surface area (TPSA) is 75.4 Å². The largest absolute Gasteiger partial charge is 0.360 e. The first-order valence-corrected chi connectivity index (χ1v) is 9.31. The summed E-state index contributed by atoms with van der Waals surface area (Å²) in [4.78, 5) is 27.0. The van der Waals surface area contributed by atoms with Gasteiger partial charge < -0.3 is 14.7 Å². The zero-order chi connectivity index (χ0) is 18.3. The molecule has 1 saturated heterocycles. The van der Waals surface area contributed by atoms with Gasteiger partial charge in [0, 0.05) is 34.3 Å². The van der Waals surface area contributed by atoms with Crippen LogP contribution >= 0.6 is 23.2 Å². The van der Waals surface area contributed by atoms with Crippen LogP contribution in [0.5, 0.6) is 0 Å². The van der Waals surface area contributed by atoms with E-state index in [1.54, 1.807) is 29.2 Å². The van der Waals surface area contributed by atoms with Crippen molar-refractivity contribution in [1.29, 1.82) is 0 Å². The molecular formula is C18H17Cl2N3O3. The predicted octanol–water partition coefficient (Wildman–Crippen LogP) is 4.10. The Kier molecular flexibility index (Phi) is 4.63. The van der Waals surface area contributed by atoms with Gasteiger partial charge in [-0.1, -0.05) is 28.4 Å². The molecule has 0 unspecified atom stereocenters. The average molecular weight is 394 g/mol. The molecule has 0 radical (unpaired) electrons. The van der Waals surface area contributed by atoms with Crippen molar-refractivity contribution in [2.24, 2.45) is 0 Å². The van der Waals surface area contributed by atoms with E-state index in [0.717, 1.165) is 25.0 Å². The van der Waals surface area contributed by atoms with Crippen molar-refractivity contribution < 1.29 is 14.1 Å². The number of carbonyl (C=O) groups excluding carboxylic acids is 2. The molecule has 2 aliphatic rings. The number of nitrogens with zero attached hydrogens (tertiary/aromatic N) is 2. The van der Waals surface area contributed by atoms with E-state index < -0.39 is 6.04 Å². The van der Waals surface area contributed by atoms with Gasteiger partial charge in [-0.3, -0.25) is 9.59 Å². The number of nitrogens with one attached hydrogen (secondary N) is 1. The van der Waals surface area contributed by atoms with Crippen LogP contribution in [-0.2, 0) is 4.79 Å². The van der Waals surface area contributed by atoms with Crippen molar-refractivity contribution in [2.45, 2.75) is 37.6 Å². The molecule has 2 fully saturated rings. The van der Waals surface area contributed by atoms with Crippen molar-refractivity contribution in [3.05, 3.63) is 45.8 Å². The highest BCUT2D eigenvalue weighted by atomic mass is 35.5. The zero-order valence-electron chi connectivity index (χ0n) is 13.9. The van der Waals surface area contributed by atoms with E-state index in [-0.39, 0.29) is 17.5 Å². The highest BCUT2D eigenvalue weighted by molar-refractivity contribution is 6.35. The maximum Gasteiger partial charge on any atom is 0.276 e. The number of anilines is 1. The van der Waals surface area contributed by atoms with Crippen LogP contribution in [-0.4, -0.2) is 34.5 Å². The van der Waals surface area contributed by atoms with Gasteiger partial charge in [0.2, 0.25) is 5.91 Å². The normalized spacial score (nSPS) is 19.6. The number of aromatic nitrogens is 1. The summed E-state index contributed by atoms with van der Waals surface area (Å²) in [5.41, 5.74) is 0.765. The Bertz CT molecular complexity index is 843. The summed E-state index contributed by atoms with van der Waals surface area (Å²) in [5, 5.41) is 7.55.